The highest BCUT2D eigenvalue weighted by atomic mass is 35.5. The first-order chi connectivity index (χ1) is 70.7. The zero-order chi connectivity index (χ0) is 108. The third-order valence-corrected chi connectivity index (χ3v) is 23.3. The molecule has 13 rings (SSSR count). The van der Waals surface area contributed by atoms with Crippen LogP contribution in [0.1, 0.15) is 151 Å². The topological polar surface area (TPSA) is 440 Å². The number of rotatable bonds is 41. The van der Waals surface area contributed by atoms with Gasteiger partial charge in [0.15, 0.2) is 11.4 Å². The fourth-order valence-electron chi connectivity index (χ4n) is 13.6. The smallest absolute Gasteiger partial charge is 0.407 e. The van der Waals surface area contributed by atoms with E-state index in [1.807, 2.05) is 142 Å². The van der Waals surface area contributed by atoms with E-state index in [9.17, 15) is 63.3 Å². The third kappa shape index (κ3) is 40.1. The van der Waals surface area contributed by atoms with E-state index in [0.717, 1.165) is 45.5 Å². The molecule has 0 fully saturated rings. The predicted molar refractivity (Wildman–Crippen MR) is 567 cm³/mol. The highest BCUT2D eigenvalue weighted by Gasteiger charge is 2.34. The number of nitrogens with two attached hydrogens (primary N) is 1. The number of carbonyl (C=O) groups excluding carboxylic acids is 5. The van der Waals surface area contributed by atoms with Gasteiger partial charge in [0.2, 0.25) is 50.5 Å². The zero-order valence-electron chi connectivity index (χ0n) is 82.4. The van der Waals surface area contributed by atoms with Gasteiger partial charge in [0.25, 0.3) is 23.5 Å². The second-order valence-corrected chi connectivity index (χ2v) is 37.5. The number of aromatic nitrogens is 1. The van der Waals surface area contributed by atoms with E-state index in [-0.39, 0.29) is 175 Å². The Morgan fingerprint density at radius 1 is 0.409 bits per heavy atom. The van der Waals surface area contributed by atoms with E-state index in [0.29, 0.717) is 96.3 Å². The number of alkyl carbamates (subject to hydrolysis) is 2. The first-order valence-electron chi connectivity index (χ1n) is 45.8. The first-order valence-corrected chi connectivity index (χ1v) is 48.8. The van der Waals surface area contributed by atoms with Crippen LogP contribution in [0.5, 0.6) is 23.0 Å². The number of methoxy groups -OCH3 is 2. The SMILES string of the molecule is CC(C)(C)OC(=O)NCCNCc1ccc(Cl)c(Cl)c1.COCOCc1cc(=O)c(OCc2ccccc2)c(C(=O)N(CCNC(=O)OC(C)(C)C)Cc2ccc(Cl)c(Cl)c2)o1.COCOCc1cc(=O)c(OCc2ccccc2)c(C(=O)O)o1.Cl.NCCN(Cc1ccc(Cl)c(Cl)c1)C(=O)c1oc(CO)cc(=O)c1OCc1ccccc1.O=C1c2c(OCc3ccccc3)c(=O)cc(CO)n2CCN1Cc1ccc(Cl)c(Cl)c1. The number of aromatic carboxylic acids is 1. The van der Waals surface area contributed by atoms with Gasteiger partial charge in [-0.25, -0.2) is 14.4 Å². The van der Waals surface area contributed by atoms with Crippen molar-refractivity contribution in [3.63, 3.8) is 0 Å². The summed E-state index contributed by atoms with van der Waals surface area (Å²) in [6.07, 6.45) is -1.05. The molecule has 4 aromatic heterocycles. The number of nitrogens with one attached hydrogen (secondary N) is 3. The number of nitrogens with zero attached hydrogens (tertiary/aromatic N) is 4. The number of halogens is 9. The Labute approximate surface area is 905 Å². The molecule has 8 aromatic carbocycles. The third-order valence-electron chi connectivity index (χ3n) is 20.4. The number of fused-ring (bicyclic) bond motifs is 1. The monoisotopic (exact) mass is 2230 g/mol. The van der Waals surface area contributed by atoms with Gasteiger partial charge in [0.05, 0.1) is 46.8 Å². The quantitative estimate of drug-likeness (QED) is 0.0138. The lowest BCUT2D eigenvalue weighted by molar-refractivity contribution is -0.0448. The maximum absolute atomic E-state index is 14.0. The summed E-state index contributed by atoms with van der Waals surface area (Å²) in [6.45, 7) is 13.5. The molecule has 796 valence electrons. The largest absolute Gasteiger partial charge is 0.483 e. The molecular weight excluding hydrogens is 2120 g/mol. The number of aliphatic hydroxyl groups excluding tert-OH is 2. The second kappa shape index (κ2) is 61.6. The summed E-state index contributed by atoms with van der Waals surface area (Å²) in [6, 6.07) is 62.3. The summed E-state index contributed by atoms with van der Waals surface area (Å²) in [5.41, 5.74) is 9.44. The van der Waals surface area contributed by atoms with Crippen molar-refractivity contribution in [2.75, 3.05) is 73.6 Å². The van der Waals surface area contributed by atoms with Crippen molar-refractivity contribution in [3.8, 4) is 23.0 Å². The van der Waals surface area contributed by atoms with Gasteiger partial charge in [0, 0.05) is 123 Å². The normalized spacial score (nSPS) is 11.3. The highest BCUT2D eigenvalue weighted by Crippen LogP contribution is 2.33. The number of carboxylic acids is 1. The lowest BCUT2D eigenvalue weighted by Gasteiger charge is -2.32. The number of benzene rings is 8. The van der Waals surface area contributed by atoms with E-state index >= 15 is 0 Å². The van der Waals surface area contributed by atoms with Crippen LogP contribution in [0.15, 0.2) is 251 Å². The van der Waals surface area contributed by atoms with Crippen molar-refractivity contribution in [2.45, 2.75) is 138 Å². The summed E-state index contributed by atoms with van der Waals surface area (Å²) >= 11 is 48.2. The van der Waals surface area contributed by atoms with Crippen molar-refractivity contribution in [3.05, 3.63) is 390 Å². The summed E-state index contributed by atoms with van der Waals surface area (Å²) in [4.78, 5) is 131. The average Bonchev–Trinajstić information content (AvgIpc) is 0.759. The number of carbonyl (C=O) groups is 6. The Morgan fingerprint density at radius 2 is 0.772 bits per heavy atom. The molecule has 0 atom stereocenters. The molecule has 149 heavy (non-hydrogen) atoms. The molecule has 0 bridgehead atoms. The Balaban J connectivity index is 0.000000231. The van der Waals surface area contributed by atoms with Gasteiger partial charge >= 0.3 is 18.2 Å². The van der Waals surface area contributed by atoms with E-state index in [2.05, 4.69) is 16.0 Å². The Bertz CT molecular complexity index is 6680. The predicted octanol–water partition coefficient (Wildman–Crippen LogP) is 19.4. The van der Waals surface area contributed by atoms with Crippen molar-refractivity contribution in [1.29, 1.82) is 0 Å². The van der Waals surface area contributed by atoms with Crippen molar-refractivity contribution < 1.29 is 105 Å². The van der Waals surface area contributed by atoms with Crippen molar-refractivity contribution >= 4 is 141 Å². The Hall–Kier alpha value is -12.5. The number of hydrogen-bond donors (Lipinski definition) is 7. The zero-order valence-corrected chi connectivity index (χ0v) is 89.2. The minimum Gasteiger partial charge on any atom is -0.483 e. The van der Waals surface area contributed by atoms with Gasteiger partial charge in [-0.15, -0.1) is 12.4 Å². The van der Waals surface area contributed by atoms with Crippen LogP contribution < -0.4 is 62.3 Å². The lowest BCUT2D eigenvalue weighted by Crippen LogP contribution is -2.42. The molecule has 0 saturated heterocycles. The van der Waals surface area contributed by atoms with Crippen molar-refractivity contribution in [1.82, 2.24) is 35.2 Å². The van der Waals surface area contributed by atoms with Crippen LogP contribution in [-0.4, -0.2) is 155 Å². The molecule has 1 aliphatic heterocycles. The summed E-state index contributed by atoms with van der Waals surface area (Å²) in [5.74, 6) is -4.84. The van der Waals surface area contributed by atoms with Crippen molar-refractivity contribution in [2.24, 2.45) is 5.73 Å². The standard InChI is InChI=1S/C30H34Cl2N2O8.C23H22Cl2N2O5.C23H20Cl2N2O4.C16H16O7.C14H20Cl2N2O2.ClH/c1-30(2,3)42-29(37)33-12-13-34(16-21-10-11-23(31)24(32)14-21)28(36)27-26(40-17-20-8-6-5-7-9-20)25(35)15-22(41-27)18-39-19-38-4;24-18-7-6-16(10-19(18)25)12-27(9-8-26)23(30)22-21(20(29)11-17(13-28)32-22)31-14-15-4-2-1-3-5-15;24-18-7-6-16(10-19(18)25)12-26-8-9-27-17(13-28)11-20(29)22(21(27)23(26)30)31-14-15-4-2-1-3-5-15;1-20-10-21-9-12-7-13(17)14(15(23-12)16(18)19)22-8-11-5-3-2-4-6-11;1-14(2,3)20-13(19)18-7-6-17-9-10-4-5-11(15)12(16)8-10;/h5-11,14-15H,12-13,16-19H2,1-4H3,(H,33,37);1-7,10-11,28H,8-9,12-14,26H2;1-7,10-11,28H,8-9,12-14H2;2-7H,8-10H2,1H3,(H,18,19);4-5,8,17H,6-7,9H2,1-3H3,(H,18,19);1H. The highest BCUT2D eigenvalue weighted by molar-refractivity contribution is 6.43. The van der Waals surface area contributed by atoms with E-state index in [4.69, 9.17) is 159 Å². The molecule has 0 unspecified atom stereocenters. The molecular formula is C106H113Cl9N8O26. The van der Waals surface area contributed by atoms with Crippen LogP contribution >= 0.6 is 105 Å². The van der Waals surface area contributed by atoms with E-state index in [1.165, 1.54) is 36.2 Å². The van der Waals surface area contributed by atoms with Gasteiger partial charge in [0.1, 0.15) is 88.3 Å². The number of amides is 5. The number of aliphatic hydroxyl groups is 2. The summed E-state index contributed by atoms with van der Waals surface area (Å²) < 4.78 is 71.3. The molecule has 0 radical (unpaired) electrons. The molecule has 34 nitrogen and oxygen atoms in total. The molecule has 5 amide bonds. The Kier molecular flexibility index (Phi) is 50.3. The van der Waals surface area contributed by atoms with Crippen LogP contribution in [0.25, 0.3) is 0 Å². The summed E-state index contributed by atoms with van der Waals surface area (Å²) in [5, 5.41) is 40.2. The minimum absolute atomic E-state index is 0. The molecule has 0 aliphatic carbocycles. The molecule has 0 spiro atoms. The van der Waals surface area contributed by atoms with Crippen LogP contribution in [-0.2, 0) is 114 Å². The maximum Gasteiger partial charge on any atom is 0.407 e. The summed E-state index contributed by atoms with van der Waals surface area (Å²) in [7, 11) is 2.90. The fraction of sp³-hybridized carbons (Fsp3) is 0.302. The van der Waals surface area contributed by atoms with E-state index in [1.54, 1.807) is 103 Å². The van der Waals surface area contributed by atoms with Crippen LogP contribution in [0.4, 0.5) is 9.59 Å². The van der Waals surface area contributed by atoms with Gasteiger partial charge in [-0.05, 0) is 135 Å². The maximum atomic E-state index is 14.0. The lowest BCUT2D eigenvalue weighted by atomic mass is 10.1. The Morgan fingerprint density at radius 3 is 1.17 bits per heavy atom. The van der Waals surface area contributed by atoms with Crippen LogP contribution in [0, 0.1) is 0 Å². The molecule has 43 heteroatoms. The number of carboxylic acid groups (broad SMARTS) is 1. The molecule has 12 aromatic rings. The fourth-order valence-corrected chi connectivity index (χ4v) is 14.9. The van der Waals surface area contributed by atoms with Gasteiger partial charge in [-0.3, -0.25) is 33.6 Å². The minimum atomic E-state index is -1.39. The number of hydrogen-bond acceptors (Lipinski definition) is 27. The number of ether oxygens (including phenoxy) is 10. The molecule has 8 N–H and O–H groups in total. The molecule has 5 heterocycles. The van der Waals surface area contributed by atoms with Gasteiger partial charge < -0.3 is 117 Å². The molecule has 1 aliphatic rings. The second-order valence-electron chi connectivity index (χ2n) is 34.3. The van der Waals surface area contributed by atoms with E-state index < -0.39 is 75.3 Å². The molecule has 0 saturated carbocycles. The van der Waals surface area contributed by atoms with Gasteiger partial charge in [-0.1, -0.05) is 238 Å². The average molecular weight is 2230 g/mol. The number of pyridine rings is 1. The van der Waals surface area contributed by atoms with Gasteiger partial charge in [-0.2, -0.15) is 0 Å². The van der Waals surface area contributed by atoms with Crippen LogP contribution in [0.2, 0.25) is 40.2 Å². The van der Waals surface area contributed by atoms with Crippen LogP contribution in [0.3, 0.4) is 0 Å². The first kappa shape index (κ1) is 122.